The van der Waals surface area contributed by atoms with E-state index in [4.69, 9.17) is 17.0 Å². The molecule has 7 nitrogen and oxygen atoms in total. The van der Waals surface area contributed by atoms with E-state index in [0.29, 0.717) is 10.6 Å². The first-order valence-electron chi connectivity index (χ1n) is 8.96. The summed E-state index contributed by atoms with van der Waals surface area (Å²) in [5, 5.41) is 16.7. The van der Waals surface area contributed by atoms with Crippen molar-refractivity contribution in [2.45, 2.75) is 25.6 Å². The highest BCUT2D eigenvalue weighted by Crippen LogP contribution is 2.20. The molecule has 1 saturated heterocycles. The summed E-state index contributed by atoms with van der Waals surface area (Å²) in [5.74, 6) is -0.747. The first-order valence-corrected chi connectivity index (χ1v) is 9.34. The number of nitrogens with one attached hydrogen (secondary N) is 4. The van der Waals surface area contributed by atoms with Crippen molar-refractivity contribution in [3.05, 3.63) is 70.5 Å². The van der Waals surface area contributed by atoms with Crippen LogP contribution in [0, 0.1) is 11.2 Å². The Balaban J connectivity index is 1.55. The van der Waals surface area contributed by atoms with Crippen molar-refractivity contribution in [2.75, 3.05) is 6.54 Å². The minimum absolute atomic E-state index is 0.0186. The van der Waals surface area contributed by atoms with Crippen LogP contribution in [-0.2, 0) is 17.9 Å². The summed E-state index contributed by atoms with van der Waals surface area (Å²) in [6, 6.07) is 12.5. The summed E-state index contributed by atoms with van der Waals surface area (Å²) in [5.41, 5.74) is 0.268. The number of carbonyl (C=O) groups excluding carboxylic acids is 2. The number of rotatable bonds is 6. The van der Waals surface area contributed by atoms with Gasteiger partial charge in [0.25, 0.3) is 5.91 Å². The molecule has 3 rings (SSSR count). The zero-order chi connectivity index (χ0) is 21.0. The average molecular weight is 418 g/mol. The van der Waals surface area contributed by atoms with Crippen molar-refractivity contribution in [1.82, 2.24) is 20.9 Å². The van der Waals surface area contributed by atoms with Crippen molar-refractivity contribution < 1.29 is 14.0 Å². The molecule has 4 N–H and O–H groups in total. The van der Waals surface area contributed by atoms with Gasteiger partial charge < -0.3 is 16.0 Å². The number of guanidine groups is 1. The van der Waals surface area contributed by atoms with Crippen molar-refractivity contribution in [3.63, 3.8) is 0 Å². The Morgan fingerprint density at radius 2 is 1.93 bits per heavy atom. The second-order valence-electron chi connectivity index (χ2n) is 6.99. The largest absolute Gasteiger partial charge is 0.340 e. The Labute approximate surface area is 172 Å². The highest BCUT2D eigenvalue weighted by Gasteiger charge is 2.46. The molecule has 0 aromatic heterocycles. The van der Waals surface area contributed by atoms with Gasteiger partial charge in [0.15, 0.2) is 5.96 Å². The van der Waals surface area contributed by atoms with Gasteiger partial charge in [-0.05, 0) is 42.3 Å². The molecule has 2 aromatic rings. The van der Waals surface area contributed by atoms with Crippen LogP contribution in [0.15, 0.2) is 48.5 Å². The SMILES string of the molecule is CC1(CNC(=O)NCc2cccc(F)c2)NC(=N)N(Cc2cccc(Cl)c2)C1=O. The molecule has 1 fully saturated rings. The van der Waals surface area contributed by atoms with Crippen LogP contribution < -0.4 is 16.0 Å². The number of urea groups is 1. The predicted octanol–water partition coefficient (Wildman–Crippen LogP) is 2.60. The normalized spacial score (nSPS) is 18.5. The fourth-order valence-electron chi connectivity index (χ4n) is 3.02. The maximum Gasteiger partial charge on any atom is 0.315 e. The van der Waals surface area contributed by atoms with Gasteiger partial charge in [0.2, 0.25) is 0 Å². The van der Waals surface area contributed by atoms with Crippen molar-refractivity contribution >= 4 is 29.5 Å². The predicted molar refractivity (Wildman–Crippen MR) is 108 cm³/mol. The van der Waals surface area contributed by atoms with Gasteiger partial charge in [0.1, 0.15) is 11.4 Å². The van der Waals surface area contributed by atoms with Gasteiger partial charge >= 0.3 is 6.03 Å². The third-order valence-corrected chi connectivity index (χ3v) is 4.79. The molecule has 2 aromatic carbocycles. The minimum Gasteiger partial charge on any atom is -0.340 e. The Bertz CT molecular complexity index is 954. The van der Waals surface area contributed by atoms with E-state index in [1.807, 2.05) is 6.07 Å². The van der Waals surface area contributed by atoms with Crippen LogP contribution in [-0.4, -0.2) is 34.9 Å². The summed E-state index contributed by atoms with van der Waals surface area (Å²) >= 11 is 5.98. The van der Waals surface area contributed by atoms with Crippen molar-refractivity contribution in [3.8, 4) is 0 Å². The summed E-state index contributed by atoms with van der Waals surface area (Å²) < 4.78 is 13.2. The molecule has 0 aliphatic carbocycles. The zero-order valence-corrected chi connectivity index (χ0v) is 16.5. The van der Waals surface area contributed by atoms with E-state index in [1.54, 1.807) is 37.3 Å². The second-order valence-corrected chi connectivity index (χ2v) is 7.43. The first-order chi connectivity index (χ1) is 13.8. The smallest absolute Gasteiger partial charge is 0.315 e. The number of amides is 3. The monoisotopic (exact) mass is 417 g/mol. The fraction of sp³-hybridized carbons (Fsp3) is 0.250. The van der Waals surface area contributed by atoms with Gasteiger partial charge in [-0.1, -0.05) is 35.9 Å². The Morgan fingerprint density at radius 1 is 1.21 bits per heavy atom. The van der Waals surface area contributed by atoms with Crippen molar-refractivity contribution in [2.24, 2.45) is 0 Å². The van der Waals surface area contributed by atoms with E-state index >= 15 is 0 Å². The lowest BCUT2D eigenvalue weighted by Gasteiger charge is -2.22. The van der Waals surface area contributed by atoms with Crippen LogP contribution >= 0.6 is 11.6 Å². The molecule has 1 aliphatic rings. The summed E-state index contributed by atoms with van der Waals surface area (Å²) in [6.45, 7) is 1.95. The number of hydrogen-bond acceptors (Lipinski definition) is 3. The zero-order valence-electron chi connectivity index (χ0n) is 15.8. The Morgan fingerprint density at radius 3 is 2.66 bits per heavy atom. The van der Waals surface area contributed by atoms with Crippen LogP contribution in [0.4, 0.5) is 9.18 Å². The average Bonchev–Trinajstić information content (AvgIpc) is 2.88. The number of hydrogen-bond donors (Lipinski definition) is 4. The first kappa shape index (κ1) is 20.6. The quantitative estimate of drug-likeness (QED) is 0.581. The van der Waals surface area contributed by atoms with E-state index in [1.165, 1.54) is 17.0 Å². The molecule has 3 amide bonds. The van der Waals surface area contributed by atoms with Gasteiger partial charge in [-0.25, -0.2) is 9.18 Å². The van der Waals surface area contributed by atoms with Crippen LogP contribution in [0.2, 0.25) is 5.02 Å². The lowest BCUT2D eigenvalue weighted by Crippen LogP contribution is -2.54. The molecule has 152 valence electrons. The van der Waals surface area contributed by atoms with Gasteiger partial charge in [0, 0.05) is 11.6 Å². The molecule has 29 heavy (non-hydrogen) atoms. The van der Waals surface area contributed by atoms with Gasteiger partial charge in [0.05, 0.1) is 13.1 Å². The fourth-order valence-corrected chi connectivity index (χ4v) is 3.23. The maximum absolute atomic E-state index is 13.2. The van der Waals surface area contributed by atoms with E-state index in [9.17, 15) is 14.0 Å². The third-order valence-electron chi connectivity index (χ3n) is 4.56. The minimum atomic E-state index is -1.15. The summed E-state index contributed by atoms with van der Waals surface area (Å²) in [6.07, 6.45) is 0. The van der Waals surface area contributed by atoms with E-state index in [-0.39, 0.29) is 37.3 Å². The van der Waals surface area contributed by atoms with Crippen LogP contribution in [0.1, 0.15) is 18.1 Å². The summed E-state index contributed by atoms with van der Waals surface area (Å²) in [4.78, 5) is 26.2. The highest BCUT2D eigenvalue weighted by atomic mass is 35.5. The standard InChI is InChI=1S/C20H21ClFN5O2/c1-20(12-25-19(29)24-10-13-4-3-7-16(22)9-13)17(28)27(18(23)26-20)11-14-5-2-6-15(21)8-14/h2-9H,10-12H2,1H3,(H2,23,26)(H2,24,25,29). The molecular formula is C20H21ClFN5O2. The molecule has 0 radical (unpaired) electrons. The van der Waals surface area contributed by atoms with Gasteiger partial charge in [-0.3, -0.25) is 15.1 Å². The maximum atomic E-state index is 13.2. The lowest BCUT2D eigenvalue weighted by molar-refractivity contribution is -0.130. The van der Waals surface area contributed by atoms with Crippen LogP contribution in [0.5, 0.6) is 0 Å². The van der Waals surface area contributed by atoms with E-state index < -0.39 is 11.6 Å². The number of halogens is 2. The van der Waals surface area contributed by atoms with Gasteiger partial charge in [-0.2, -0.15) is 0 Å². The molecule has 1 aliphatic heterocycles. The summed E-state index contributed by atoms with van der Waals surface area (Å²) in [7, 11) is 0. The molecule has 9 heteroatoms. The molecule has 1 heterocycles. The lowest BCUT2D eigenvalue weighted by atomic mass is 10.0. The molecule has 1 unspecified atom stereocenters. The van der Waals surface area contributed by atoms with Crippen LogP contribution in [0.3, 0.4) is 0 Å². The van der Waals surface area contributed by atoms with E-state index in [0.717, 1.165) is 5.56 Å². The van der Waals surface area contributed by atoms with E-state index in [2.05, 4.69) is 16.0 Å². The van der Waals surface area contributed by atoms with Crippen LogP contribution in [0.25, 0.3) is 0 Å². The second kappa shape index (κ2) is 8.48. The molecule has 0 spiro atoms. The molecule has 0 saturated carbocycles. The highest BCUT2D eigenvalue weighted by molar-refractivity contribution is 6.30. The molecule has 0 bridgehead atoms. The molecular weight excluding hydrogens is 397 g/mol. The number of carbonyl (C=O) groups is 2. The number of benzene rings is 2. The molecule has 1 atom stereocenters. The Hall–Kier alpha value is -3.13. The van der Waals surface area contributed by atoms with Gasteiger partial charge in [-0.15, -0.1) is 0 Å². The topological polar surface area (TPSA) is 97.3 Å². The number of nitrogens with zero attached hydrogens (tertiary/aromatic N) is 1. The third kappa shape index (κ3) is 5.03. The van der Waals surface area contributed by atoms with Crippen molar-refractivity contribution in [1.29, 1.82) is 5.41 Å². The Kier molecular flexibility index (Phi) is 6.03.